The van der Waals surface area contributed by atoms with E-state index in [0.29, 0.717) is 0 Å². The van der Waals surface area contributed by atoms with Crippen LogP contribution in [0, 0.1) is 23.7 Å². The van der Waals surface area contributed by atoms with E-state index in [0.717, 1.165) is 6.42 Å². The first-order valence-corrected chi connectivity index (χ1v) is 4.21. The topological polar surface area (TPSA) is 43.4 Å². The van der Waals surface area contributed by atoms with Crippen molar-refractivity contribution < 1.29 is 14.3 Å². The van der Waals surface area contributed by atoms with E-state index in [1.807, 2.05) is 12.2 Å². The summed E-state index contributed by atoms with van der Waals surface area (Å²) in [7, 11) is 0. The lowest BCUT2D eigenvalue weighted by Gasteiger charge is -2.12. The number of hydrogen-bond donors (Lipinski definition) is 0. The maximum Gasteiger partial charge on any atom is 0.318 e. The molecule has 2 aliphatic carbocycles. The molecule has 0 radical (unpaired) electrons. The molecule has 0 N–H and O–H groups in total. The van der Waals surface area contributed by atoms with E-state index in [1.165, 1.54) is 0 Å². The van der Waals surface area contributed by atoms with Gasteiger partial charge >= 0.3 is 11.9 Å². The third-order valence-electron chi connectivity index (χ3n) is 3.20. The van der Waals surface area contributed by atoms with Crippen LogP contribution in [0.4, 0.5) is 0 Å². The highest BCUT2D eigenvalue weighted by molar-refractivity contribution is 5.98. The van der Waals surface area contributed by atoms with Crippen molar-refractivity contribution in [2.24, 2.45) is 23.7 Å². The van der Waals surface area contributed by atoms with Crippen LogP contribution in [0.15, 0.2) is 12.2 Å². The Hall–Kier alpha value is -1.12. The lowest BCUT2D eigenvalue weighted by molar-refractivity contribution is -0.154. The van der Waals surface area contributed by atoms with Crippen LogP contribution in [0.1, 0.15) is 6.42 Å². The Morgan fingerprint density at radius 2 is 1.58 bits per heavy atom. The van der Waals surface area contributed by atoms with Gasteiger partial charge in [-0.3, -0.25) is 9.59 Å². The van der Waals surface area contributed by atoms with Crippen molar-refractivity contribution in [2.45, 2.75) is 6.42 Å². The monoisotopic (exact) mass is 164 g/mol. The molecule has 1 saturated heterocycles. The summed E-state index contributed by atoms with van der Waals surface area (Å²) >= 11 is 0. The van der Waals surface area contributed by atoms with Gasteiger partial charge < -0.3 is 4.74 Å². The van der Waals surface area contributed by atoms with E-state index in [4.69, 9.17) is 0 Å². The van der Waals surface area contributed by atoms with Crippen molar-refractivity contribution in [3.05, 3.63) is 12.2 Å². The molecular formula is C9H8O3. The molecule has 12 heavy (non-hydrogen) atoms. The van der Waals surface area contributed by atoms with E-state index >= 15 is 0 Å². The van der Waals surface area contributed by atoms with Gasteiger partial charge in [0.1, 0.15) is 0 Å². The molecule has 1 aliphatic heterocycles. The molecule has 0 amide bonds. The van der Waals surface area contributed by atoms with Gasteiger partial charge in [-0.15, -0.1) is 0 Å². The summed E-state index contributed by atoms with van der Waals surface area (Å²) in [5, 5.41) is 0. The second-order valence-corrected chi connectivity index (χ2v) is 3.74. The Morgan fingerprint density at radius 1 is 1.08 bits per heavy atom. The second kappa shape index (κ2) is 1.79. The molecule has 0 aromatic rings. The highest BCUT2D eigenvalue weighted by Gasteiger charge is 2.57. The van der Waals surface area contributed by atoms with E-state index in [9.17, 15) is 9.59 Å². The molecule has 3 nitrogen and oxygen atoms in total. The van der Waals surface area contributed by atoms with Crippen LogP contribution in [0.25, 0.3) is 0 Å². The smallest absolute Gasteiger partial charge is 0.318 e. The predicted octanol–water partition coefficient (Wildman–Crippen LogP) is 0.508. The molecule has 62 valence electrons. The lowest BCUT2D eigenvalue weighted by Crippen LogP contribution is -2.21. The third-order valence-corrected chi connectivity index (χ3v) is 3.20. The van der Waals surface area contributed by atoms with Crippen LogP contribution in [0.5, 0.6) is 0 Å². The average molecular weight is 164 g/mol. The van der Waals surface area contributed by atoms with Gasteiger partial charge in [0.05, 0.1) is 11.8 Å². The molecule has 3 aliphatic rings. The normalized spacial score (nSPS) is 48.3. The summed E-state index contributed by atoms with van der Waals surface area (Å²) in [6, 6.07) is 0. The summed E-state index contributed by atoms with van der Waals surface area (Å²) < 4.78 is 4.59. The third kappa shape index (κ3) is 0.543. The first-order chi connectivity index (χ1) is 5.77. The van der Waals surface area contributed by atoms with Crippen LogP contribution in [-0.2, 0) is 14.3 Å². The number of carbonyl (C=O) groups is 2. The zero-order valence-corrected chi connectivity index (χ0v) is 6.40. The van der Waals surface area contributed by atoms with Crippen LogP contribution >= 0.6 is 0 Å². The number of esters is 2. The first-order valence-electron chi connectivity index (χ1n) is 4.21. The SMILES string of the molecule is O=C1OC(=O)[C@H]2C1[C@H]1C=C[C@@H]2C1. The van der Waals surface area contributed by atoms with Gasteiger partial charge in [0.2, 0.25) is 0 Å². The van der Waals surface area contributed by atoms with Gasteiger partial charge in [-0.2, -0.15) is 0 Å². The fourth-order valence-corrected chi connectivity index (χ4v) is 2.70. The van der Waals surface area contributed by atoms with Crippen LogP contribution < -0.4 is 0 Å². The van der Waals surface area contributed by atoms with Crippen LogP contribution in [-0.4, -0.2) is 11.9 Å². The van der Waals surface area contributed by atoms with Gasteiger partial charge in [0, 0.05) is 0 Å². The van der Waals surface area contributed by atoms with Crippen molar-refractivity contribution in [1.82, 2.24) is 0 Å². The Bertz CT molecular complexity index is 277. The molecule has 1 heterocycles. The fraction of sp³-hybridized carbons (Fsp3) is 0.556. The van der Waals surface area contributed by atoms with Gasteiger partial charge in [0.15, 0.2) is 0 Å². The number of fused-ring (bicyclic) bond motifs is 5. The summed E-state index contributed by atoms with van der Waals surface area (Å²) in [5.41, 5.74) is 0. The van der Waals surface area contributed by atoms with Gasteiger partial charge in [-0.1, -0.05) is 12.2 Å². The van der Waals surface area contributed by atoms with Crippen molar-refractivity contribution in [3.8, 4) is 0 Å². The molecule has 2 fully saturated rings. The highest BCUT2D eigenvalue weighted by Crippen LogP contribution is 2.51. The zero-order valence-electron chi connectivity index (χ0n) is 6.40. The minimum atomic E-state index is -0.304. The maximum atomic E-state index is 11.2. The van der Waals surface area contributed by atoms with E-state index in [2.05, 4.69) is 4.74 Å². The first kappa shape index (κ1) is 6.40. The Kier molecular flexibility index (Phi) is 0.953. The molecule has 0 aromatic carbocycles. The van der Waals surface area contributed by atoms with Crippen molar-refractivity contribution in [3.63, 3.8) is 0 Å². The minimum Gasteiger partial charge on any atom is -0.393 e. The summed E-state index contributed by atoms with van der Waals surface area (Å²) in [6.07, 6.45) is 5.06. The van der Waals surface area contributed by atoms with E-state index < -0.39 is 0 Å². The largest absolute Gasteiger partial charge is 0.393 e. The summed E-state index contributed by atoms with van der Waals surface area (Å²) in [6.45, 7) is 0. The second-order valence-electron chi connectivity index (χ2n) is 3.74. The molecule has 3 heteroatoms. The number of allylic oxidation sites excluding steroid dienone is 2. The Labute approximate surface area is 69.4 Å². The molecule has 1 saturated carbocycles. The highest BCUT2D eigenvalue weighted by atomic mass is 16.6. The molecule has 0 aromatic heterocycles. The van der Waals surface area contributed by atoms with Crippen LogP contribution in [0.3, 0.4) is 0 Å². The predicted molar refractivity (Wildman–Crippen MR) is 38.8 cm³/mol. The average Bonchev–Trinajstić information content (AvgIpc) is 2.64. The van der Waals surface area contributed by atoms with Gasteiger partial charge in [-0.25, -0.2) is 0 Å². The van der Waals surface area contributed by atoms with Gasteiger partial charge in [0.25, 0.3) is 0 Å². The molecule has 2 bridgehead atoms. The van der Waals surface area contributed by atoms with E-state index in [1.54, 1.807) is 0 Å². The molecule has 0 spiro atoms. The Morgan fingerprint density at radius 3 is 2.08 bits per heavy atom. The number of hydrogen-bond acceptors (Lipinski definition) is 3. The molecule has 1 unspecified atom stereocenters. The number of rotatable bonds is 0. The van der Waals surface area contributed by atoms with Crippen molar-refractivity contribution in [2.75, 3.05) is 0 Å². The van der Waals surface area contributed by atoms with Crippen LogP contribution in [0.2, 0.25) is 0 Å². The van der Waals surface area contributed by atoms with E-state index in [-0.39, 0.29) is 35.6 Å². The quantitative estimate of drug-likeness (QED) is 0.297. The number of cyclic esters (lactones) is 2. The van der Waals surface area contributed by atoms with Gasteiger partial charge in [-0.05, 0) is 18.3 Å². The standard InChI is InChI=1S/C9H8O3/c10-8-6-4-1-2-5(3-4)7(6)9(11)12-8/h1-2,4-7H,3H2/t4-,5+,6-,7?/m1/s1. The number of ether oxygens (including phenoxy) is 1. The number of carbonyl (C=O) groups excluding carboxylic acids is 2. The Balaban J connectivity index is 2.08. The summed E-state index contributed by atoms with van der Waals surface area (Å²) in [5.74, 6) is -0.346. The maximum absolute atomic E-state index is 11.2. The zero-order chi connectivity index (χ0) is 8.29. The van der Waals surface area contributed by atoms with Crippen molar-refractivity contribution >= 4 is 11.9 Å². The summed E-state index contributed by atoms with van der Waals surface area (Å²) in [4.78, 5) is 22.4. The lowest BCUT2D eigenvalue weighted by atomic mass is 9.85. The molecular weight excluding hydrogens is 156 g/mol. The van der Waals surface area contributed by atoms with Crippen molar-refractivity contribution in [1.29, 1.82) is 0 Å². The molecule has 3 rings (SSSR count). The molecule has 4 atom stereocenters. The minimum absolute atomic E-state index is 0.146. The fourth-order valence-electron chi connectivity index (χ4n) is 2.70.